The Labute approximate surface area is 123 Å². The molecule has 1 aromatic heterocycles. The van der Waals surface area contributed by atoms with Gasteiger partial charge in [0.05, 0.1) is 4.88 Å². The average Bonchev–Trinajstić information content (AvgIpc) is 2.87. The van der Waals surface area contributed by atoms with Crippen LogP contribution in [0.3, 0.4) is 0 Å². The molecule has 2 aromatic rings. The van der Waals surface area contributed by atoms with E-state index in [2.05, 4.69) is 19.6 Å². The van der Waals surface area contributed by atoms with Crippen molar-refractivity contribution < 1.29 is 4.79 Å². The van der Waals surface area contributed by atoms with E-state index in [1.54, 1.807) is 0 Å². The highest BCUT2D eigenvalue weighted by Crippen LogP contribution is 2.23. The summed E-state index contributed by atoms with van der Waals surface area (Å²) in [5.41, 5.74) is 0.954. The fourth-order valence-corrected chi connectivity index (χ4v) is 2.94. The summed E-state index contributed by atoms with van der Waals surface area (Å²) in [4.78, 5) is 16.0. The fraction of sp³-hybridized carbons (Fsp3) is 0.267. The van der Waals surface area contributed by atoms with E-state index in [1.165, 1.54) is 11.3 Å². The van der Waals surface area contributed by atoms with Gasteiger partial charge in [-0.25, -0.2) is 0 Å². The lowest BCUT2D eigenvalue weighted by Crippen LogP contribution is -2.31. The summed E-state index contributed by atoms with van der Waals surface area (Å²) in [6.07, 6.45) is 2.07. The summed E-state index contributed by atoms with van der Waals surface area (Å²) < 4.78 is 0. The standard InChI is InChI=1S/C15H17NOS2/c1-2-3-9-16(12-7-5-4-6-8-12)15(17)14-10-13(18)11-19-14/h4-8,10-11,18H,2-3,9H2,1H3. The molecule has 19 heavy (non-hydrogen) atoms. The maximum absolute atomic E-state index is 12.6. The molecule has 0 aliphatic carbocycles. The zero-order chi connectivity index (χ0) is 13.7. The first kappa shape index (κ1) is 14.2. The molecule has 2 nitrogen and oxygen atoms in total. The van der Waals surface area contributed by atoms with Crippen LogP contribution in [0.2, 0.25) is 0 Å². The molecule has 0 fully saturated rings. The van der Waals surface area contributed by atoms with Crippen LogP contribution in [-0.4, -0.2) is 12.5 Å². The van der Waals surface area contributed by atoms with Gasteiger partial charge in [0, 0.05) is 22.5 Å². The molecule has 0 aliphatic rings. The van der Waals surface area contributed by atoms with Gasteiger partial charge in [0.1, 0.15) is 0 Å². The van der Waals surface area contributed by atoms with Gasteiger partial charge < -0.3 is 4.90 Å². The highest BCUT2D eigenvalue weighted by molar-refractivity contribution is 7.80. The number of thiophene rings is 1. The summed E-state index contributed by atoms with van der Waals surface area (Å²) >= 11 is 5.71. The van der Waals surface area contributed by atoms with Crippen molar-refractivity contribution in [1.29, 1.82) is 0 Å². The van der Waals surface area contributed by atoms with E-state index >= 15 is 0 Å². The van der Waals surface area contributed by atoms with Gasteiger partial charge >= 0.3 is 0 Å². The number of carbonyl (C=O) groups excluding carboxylic acids is 1. The third-order valence-corrected chi connectivity index (χ3v) is 4.20. The molecule has 0 atom stereocenters. The Morgan fingerprint density at radius 2 is 2.05 bits per heavy atom. The molecule has 0 saturated carbocycles. The van der Waals surface area contributed by atoms with Gasteiger partial charge in [-0.05, 0) is 24.6 Å². The van der Waals surface area contributed by atoms with Gasteiger partial charge in [-0.15, -0.1) is 24.0 Å². The summed E-state index contributed by atoms with van der Waals surface area (Å²) in [5.74, 6) is 0.0601. The van der Waals surface area contributed by atoms with Crippen molar-refractivity contribution in [3.8, 4) is 0 Å². The fourth-order valence-electron chi connectivity index (χ4n) is 1.84. The predicted molar refractivity (Wildman–Crippen MR) is 84.6 cm³/mol. The molecule has 100 valence electrons. The molecule has 1 heterocycles. The Morgan fingerprint density at radius 3 is 2.63 bits per heavy atom. The van der Waals surface area contributed by atoms with Crippen molar-refractivity contribution in [2.75, 3.05) is 11.4 Å². The minimum absolute atomic E-state index is 0.0601. The van der Waals surface area contributed by atoms with E-state index in [1.807, 2.05) is 46.7 Å². The summed E-state index contributed by atoms with van der Waals surface area (Å²) in [7, 11) is 0. The van der Waals surface area contributed by atoms with Crippen LogP contribution < -0.4 is 4.90 Å². The summed E-state index contributed by atoms with van der Waals surface area (Å²) in [6, 6.07) is 11.7. The number of rotatable bonds is 5. The maximum atomic E-state index is 12.6. The second-order valence-corrected chi connectivity index (χ2v) is 5.74. The number of hydrogen-bond donors (Lipinski definition) is 1. The Bertz CT molecular complexity index is 536. The Balaban J connectivity index is 2.25. The molecule has 0 unspecified atom stereocenters. The number of hydrogen-bond acceptors (Lipinski definition) is 3. The van der Waals surface area contributed by atoms with Gasteiger partial charge in [0.15, 0.2) is 0 Å². The number of benzene rings is 1. The highest BCUT2D eigenvalue weighted by atomic mass is 32.1. The predicted octanol–water partition coefficient (Wildman–Crippen LogP) is 4.48. The van der Waals surface area contributed by atoms with Gasteiger partial charge in [-0.2, -0.15) is 0 Å². The Morgan fingerprint density at radius 1 is 1.32 bits per heavy atom. The van der Waals surface area contributed by atoms with Crippen LogP contribution in [0.4, 0.5) is 5.69 Å². The van der Waals surface area contributed by atoms with Crippen LogP contribution in [0.25, 0.3) is 0 Å². The second kappa shape index (κ2) is 6.78. The van der Waals surface area contributed by atoms with E-state index in [-0.39, 0.29) is 5.91 Å². The second-order valence-electron chi connectivity index (χ2n) is 4.32. The molecule has 0 saturated heterocycles. The van der Waals surface area contributed by atoms with Gasteiger partial charge in [-0.1, -0.05) is 31.5 Å². The minimum Gasteiger partial charge on any atom is -0.308 e. The molecular weight excluding hydrogens is 274 g/mol. The highest BCUT2D eigenvalue weighted by Gasteiger charge is 2.18. The molecule has 0 N–H and O–H groups in total. The molecule has 2 rings (SSSR count). The van der Waals surface area contributed by atoms with Crippen molar-refractivity contribution in [3.63, 3.8) is 0 Å². The number of unbranched alkanes of at least 4 members (excludes halogenated alkanes) is 1. The largest absolute Gasteiger partial charge is 0.308 e. The number of anilines is 1. The van der Waals surface area contributed by atoms with Crippen LogP contribution in [0.5, 0.6) is 0 Å². The molecule has 1 aromatic carbocycles. The minimum atomic E-state index is 0.0601. The first-order valence-electron chi connectivity index (χ1n) is 6.36. The quantitative estimate of drug-likeness (QED) is 0.805. The van der Waals surface area contributed by atoms with Gasteiger partial charge in [0.2, 0.25) is 0 Å². The lowest BCUT2D eigenvalue weighted by molar-refractivity contribution is 0.0990. The number of thiol groups is 1. The van der Waals surface area contributed by atoms with Gasteiger partial charge in [0.25, 0.3) is 5.91 Å². The zero-order valence-corrected chi connectivity index (χ0v) is 12.6. The van der Waals surface area contributed by atoms with Crippen molar-refractivity contribution in [2.24, 2.45) is 0 Å². The lowest BCUT2D eigenvalue weighted by atomic mass is 10.2. The van der Waals surface area contributed by atoms with E-state index in [0.29, 0.717) is 0 Å². The molecule has 4 heteroatoms. The number of amides is 1. The topological polar surface area (TPSA) is 20.3 Å². The molecule has 0 radical (unpaired) electrons. The summed E-state index contributed by atoms with van der Waals surface area (Å²) in [5, 5.41) is 1.89. The Kier molecular flexibility index (Phi) is 5.05. The molecule has 0 bridgehead atoms. The average molecular weight is 291 g/mol. The van der Waals surface area contributed by atoms with Crippen molar-refractivity contribution in [2.45, 2.75) is 24.7 Å². The monoisotopic (exact) mass is 291 g/mol. The van der Waals surface area contributed by atoms with Crippen LogP contribution in [0.15, 0.2) is 46.7 Å². The Hall–Kier alpha value is -1.26. The first-order chi connectivity index (χ1) is 9.22. The van der Waals surface area contributed by atoms with Crippen molar-refractivity contribution in [1.82, 2.24) is 0 Å². The normalized spacial score (nSPS) is 10.4. The lowest BCUT2D eigenvalue weighted by Gasteiger charge is -2.22. The van der Waals surface area contributed by atoms with Crippen LogP contribution in [-0.2, 0) is 0 Å². The number of nitrogens with zero attached hydrogens (tertiary/aromatic N) is 1. The number of para-hydroxylation sites is 1. The third-order valence-electron chi connectivity index (χ3n) is 2.84. The van der Waals surface area contributed by atoms with Crippen molar-refractivity contribution in [3.05, 3.63) is 46.7 Å². The maximum Gasteiger partial charge on any atom is 0.268 e. The van der Waals surface area contributed by atoms with Gasteiger partial charge in [-0.3, -0.25) is 4.79 Å². The van der Waals surface area contributed by atoms with Crippen LogP contribution in [0.1, 0.15) is 29.4 Å². The van der Waals surface area contributed by atoms with E-state index in [0.717, 1.165) is 34.8 Å². The van der Waals surface area contributed by atoms with E-state index < -0.39 is 0 Å². The number of carbonyl (C=O) groups is 1. The smallest absolute Gasteiger partial charge is 0.268 e. The van der Waals surface area contributed by atoms with E-state index in [9.17, 15) is 4.79 Å². The third kappa shape index (κ3) is 3.61. The SMILES string of the molecule is CCCCN(C(=O)c1cc(S)cs1)c1ccccc1. The first-order valence-corrected chi connectivity index (χ1v) is 7.69. The van der Waals surface area contributed by atoms with Crippen LogP contribution >= 0.6 is 24.0 Å². The molecule has 0 aliphatic heterocycles. The van der Waals surface area contributed by atoms with E-state index in [4.69, 9.17) is 0 Å². The molecule has 1 amide bonds. The summed E-state index contributed by atoms with van der Waals surface area (Å²) in [6.45, 7) is 2.88. The van der Waals surface area contributed by atoms with Crippen LogP contribution in [0, 0.1) is 0 Å². The zero-order valence-electron chi connectivity index (χ0n) is 10.9. The molecular formula is C15H17NOS2. The van der Waals surface area contributed by atoms with Crippen molar-refractivity contribution >= 4 is 35.6 Å². The molecule has 0 spiro atoms.